The van der Waals surface area contributed by atoms with E-state index < -0.39 is 12.0 Å². The second kappa shape index (κ2) is 10.8. The monoisotopic (exact) mass is 590 g/mol. The number of pyridine rings is 1. The highest BCUT2D eigenvalue weighted by atomic mass is 35.5. The Morgan fingerprint density at radius 1 is 1.10 bits per heavy atom. The van der Waals surface area contributed by atoms with Gasteiger partial charge < -0.3 is 4.90 Å². The summed E-state index contributed by atoms with van der Waals surface area (Å²) in [5.41, 5.74) is 3.99. The van der Waals surface area contributed by atoms with Gasteiger partial charge in [0.15, 0.2) is 5.82 Å². The van der Waals surface area contributed by atoms with E-state index in [4.69, 9.17) is 16.6 Å². The number of likely N-dealkylation sites (tertiary alicyclic amines) is 1. The number of carbonyl (C=O) groups excluding carboxylic acids is 1. The summed E-state index contributed by atoms with van der Waals surface area (Å²) in [5.74, 6) is 4.62. The van der Waals surface area contributed by atoms with Crippen molar-refractivity contribution >= 4 is 34.6 Å². The van der Waals surface area contributed by atoms with Crippen LogP contribution in [0.25, 0.3) is 5.00 Å². The van der Waals surface area contributed by atoms with Gasteiger partial charge in [-0.15, -0.1) is 21.5 Å². The molecule has 4 aromatic rings. The molecule has 2 aliphatic rings. The quantitative estimate of drug-likeness (QED) is 0.277. The van der Waals surface area contributed by atoms with E-state index in [2.05, 4.69) is 27.0 Å². The predicted octanol–water partition coefficient (Wildman–Crippen LogP) is 5.93. The number of halogens is 3. The van der Waals surface area contributed by atoms with E-state index in [1.54, 1.807) is 18.3 Å². The smallest absolute Gasteiger partial charge is 0.251 e. The van der Waals surface area contributed by atoms with Crippen LogP contribution in [0.2, 0.25) is 5.02 Å². The Morgan fingerprint density at radius 2 is 1.85 bits per heavy atom. The Kier molecular flexibility index (Phi) is 7.18. The van der Waals surface area contributed by atoms with Gasteiger partial charge in [0.25, 0.3) is 5.92 Å². The van der Waals surface area contributed by atoms with Crippen LogP contribution >= 0.6 is 22.9 Å². The summed E-state index contributed by atoms with van der Waals surface area (Å²) >= 11 is 7.71. The molecule has 0 bridgehead atoms. The Morgan fingerprint density at radius 3 is 2.56 bits per heavy atom. The lowest BCUT2D eigenvalue weighted by molar-refractivity contribution is -0.137. The Hall–Kier alpha value is -3.94. The number of rotatable bonds is 3. The zero-order valence-corrected chi connectivity index (χ0v) is 23.9. The molecule has 3 aromatic heterocycles. The van der Waals surface area contributed by atoms with Gasteiger partial charge in [-0.3, -0.25) is 14.4 Å². The number of carbonyl (C=O) groups is 1. The maximum absolute atomic E-state index is 13.8. The number of nitrogens with zero attached hydrogens (tertiary/aromatic N) is 6. The van der Waals surface area contributed by atoms with Crippen molar-refractivity contribution in [1.29, 1.82) is 0 Å². The van der Waals surface area contributed by atoms with Crippen LogP contribution < -0.4 is 0 Å². The second-order valence-electron chi connectivity index (χ2n) is 10.1. The second-order valence-corrected chi connectivity index (χ2v) is 11.5. The number of aliphatic imine (C=N–C) groups is 1. The zero-order chi connectivity index (χ0) is 28.7. The number of aryl methyl sites for hydroxylation is 1. The van der Waals surface area contributed by atoms with Crippen molar-refractivity contribution in [3.63, 3.8) is 0 Å². The molecule has 0 unspecified atom stereocenters. The summed E-state index contributed by atoms with van der Waals surface area (Å²) in [4.78, 5) is 25.2. The molecule has 1 amide bonds. The molecule has 1 atom stereocenters. The number of aromatic nitrogens is 4. The minimum absolute atomic E-state index is 0.0128. The average molecular weight is 591 g/mol. The molecule has 0 radical (unpaired) electrons. The van der Waals surface area contributed by atoms with Crippen molar-refractivity contribution in [2.75, 3.05) is 13.1 Å². The molecule has 5 heterocycles. The highest BCUT2D eigenvalue weighted by molar-refractivity contribution is 7.15. The molecule has 6 rings (SSSR count). The van der Waals surface area contributed by atoms with E-state index in [9.17, 15) is 13.6 Å². The molecule has 0 spiro atoms. The Bertz CT molecular complexity index is 1710. The van der Waals surface area contributed by atoms with Crippen LogP contribution in [0.1, 0.15) is 64.2 Å². The lowest BCUT2D eigenvalue weighted by Gasteiger charge is -2.32. The molecule has 0 aliphatic carbocycles. The maximum Gasteiger partial charge on any atom is 0.251 e. The van der Waals surface area contributed by atoms with Gasteiger partial charge in [-0.05, 0) is 55.5 Å². The molecule has 208 valence electrons. The van der Waals surface area contributed by atoms with Crippen LogP contribution in [0.15, 0.2) is 53.7 Å². The molecule has 7 nitrogen and oxygen atoms in total. The van der Waals surface area contributed by atoms with Crippen LogP contribution in [-0.4, -0.2) is 55.3 Å². The normalized spacial score (nSPS) is 17.5. The van der Waals surface area contributed by atoms with E-state index in [1.807, 2.05) is 48.7 Å². The average Bonchev–Trinajstić information content (AvgIpc) is 3.45. The Labute approximate surface area is 244 Å². The van der Waals surface area contributed by atoms with Crippen molar-refractivity contribution in [1.82, 2.24) is 24.6 Å². The highest BCUT2D eigenvalue weighted by Gasteiger charge is 2.38. The number of hydrogen-bond acceptors (Lipinski definition) is 6. The summed E-state index contributed by atoms with van der Waals surface area (Å²) in [6, 6.07) is 12.3. The third-order valence-electron chi connectivity index (χ3n) is 7.30. The number of piperidine rings is 1. The first kappa shape index (κ1) is 27.2. The minimum Gasteiger partial charge on any atom is -0.342 e. The predicted molar refractivity (Wildman–Crippen MR) is 154 cm³/mol. The van der Waals surface area contributed by atoms with Gasteiger partial charge in [-0.2, -0.15) is 0 Å². The number of fused-ring (bicyclic) bond motifs is 3. The molecular weight excluding hydrogens is 566 g/mol. The van der Waals surface area contributed by atoms with Crippen LogP contribution in [0.3, 0.4) is 0 Å². The summed E-state index contributed by atoms with van der Waals surface area (Å²) < 4.78 is 29.4. The molecule has 0 N–H and O–H groups in total. The fourth-order valence-electron chi connectivity index (χ4n) is 5.08. The van der Waals surface area contributed by atoms with Crippen molar-refractivity contribution in [2.45, 2.75) is 45.1 Å². The molecule has 41 heavy (non-hydrogen) atoms. The van der Waals surface area contributed by atoms with Crippen LogP contribution in [-0.2, 0) is 4.79 Å². The van der Waals surface area contributed by atoms with Crippen molar-refractivity contribution in [3.05, 3.63) is 92.6 Å². The molecular formula is C30H25ClF2N6OS. The van der Waals surface area contributed by atoms with E-state index in [1.165, 1.54) is 16.2 Å². The minimum atomic E-state index is -2.74. The van der Waals surface area contributed by atoms with Crippen LogP contribution in [0, 0.1) is 25.7 Å². The Balaban J connectivity index is 1.46. The fraction of sp³-hybridized carbons (Fsp3) is 0.300. The molecule has 1 aromatic carbocycles. The van der Waals surface area contributed by atoms with E-state index in [0.717, 1.165) is 26.6 Å². The van der Waals surface area contributed by atoms with Crippen molar-refractivity contribution in [3.8, 4) is 16.8 Å². The van der Waals surface area contributed by atoms with E-state index in [0.29, 0.717) is 28.1 Å². The lowest BCUT2D eigenvalue weighted by Crippen LogP contribution is -2.43. The first-order valence-corrected chi connectivity index (χ1v) is 14.4. The fourth-order valence-corrected chi connectivity index (χ4v) is 6.42. The van der Waals surface area contributed by atoms with Crippen LogP contribution in [0.5, 0.6) is 0 Å². The summed E-state index contributed by atoms with van der Waals surface area (Å²) in [6.07, 6.45) is 1.02. The largest absolute Gasteiger partial charge is 0.342 e. The van der Waals surface area contributed by atoms with Gasteiger partial charge in [0.1, 0.15) is 22.6 Å². The van der Waals surface area contributed by atoms with Gasteiger partial charge in [-0.25, -0.2) is 13.8 Å². The molecule has 1 saturated heterocycles. The SMILES string of the molecule is Cc1c(C#Cc2ccccn2)sc2c1C(c1ccc(Cl)cc1)=N[C@@H](CC(=O)N1CCC(F)(F)CC1)c1nnc(C)n1-2. The molecule has 0 saturated carbocycles. The summed E-state index contributed by atoms with van der Waals surface area (Å²) in [7, 11) is 0. The number of amides is 1. The van der Waals surface area contributed by atoms with Gasteiger partial charge >= 0.3 is 0 Å². The van der Waals surface area contributed by atoms with Gasteiger partial charge in [0, 0.05) is 48.3 Å². The van der Waals surface area contributed by atoms with E-state index >= 15 is 0 Å². The third kappa shape index (κ3) is 5.39. The van der Waals surface area contributed by atoms with Crippen molar-refractivity contribution in [2.24, 2.45) is 4.99 Å². The number of hydrogen-bond donors (Lipinski definition) is 0. The summed E-state index contributed by atoms with van der Waals surface area (Å²) in [6.45, 7) is 3.89. The molecule has 1 fully saturated rings. The first-order valence-electron chi connectivity index (χ1n) is 13.2. The molecule has 11 heteroatoms. The van der Waals surface area contributed by atoms with Gasteiger partial charge in [0.05, 0.1) is 17.0 Å². The molecule has 2 aliphatic heterocycles. The number of benzene rings is 1. The van der Waals surface area contributed by atoms with Gasteiger partial charge in [-0.1, -0.05) is 29.8 Å². The van der Waals surface area contributed by atoms with Gasteiger partial charge in [0.2, 0.25) is 5.91 Å². The van der Waals surface area contributed by atoms with Crippen molar-refractivity contribution < 1.29 is 13.6 Å². The van der Waals surface area contributed by atoms with Crippen LogP contribution in [0.4, 0.5) is 8.78 Å². The lowest BCUT2D eigenvalue weighted by atomic mass is 9.99. The zero-order valence-electron chi connectivity index (χ0n) is 22.4. The first-order chi connectivity index (χ1) is 19.7. The summed E-state index contributed by atoms with van der Waals surface area (Å²) in [5, 5.41) is 10.2. The number of thiophene rings is 1. The highest BCUT2D eigenvalue weighted by Crippen LogP contribution is 2.40. The number of alkyl halides is 2. The van der Waals surface area contributed by atoms with E-state index in [-0.39, 0.29) is 38.3 Å². The third-order valence-corrected chi connectivity index (χ3v) is 8.75. The maximum atomic E-state index is 13.8. The standard InChI is InChI=1S/C30H25ClF2N6OS/c1-18-24(11-10-22-5-3-4-14-34-22)41-29-26(18)27(20-6-8-21(31)9-7-20)35-23(28-37-36-19(2)39(28)29)17-25(40)38-15-12-30(32,33)13-16-38/h3-9,14,23H,12-13,15-17H2,1-2H3/t23-/m0/s1. The topological polar surface area (TPSA) is 76.3 Å².